The van der Waals surface area contributed by atoms with Crippen LogP contribution < -0.4 is 4.90 Å². The third-order valence-electron chi connectivity index (χ3n) is 8.86. The summed E-state index contributed by atoms with van der Waals surface area (Å²) in [7, 11) is 4.10. The monoisotopic (exact) mass is 544 g/mol. The molecule has 4 nitrogen and oxygen atoms in total. The van der Waals surface area contributed by atoms with Crippen LogP contribution in [-0.2, 0) is 5.41 Å². The minimum atomic E-state index is -0.0208. The number of rotatable bonds is 13. The quantitative estimate of drug-likeness (QED) is 0.124. The second-order valence-electron chi connectivity index (χ2n) is 11.8. The zero-order valence-corrected chi connectivity index (χ0v) is 25.3. The highest BCUT2D eigenvalue weighted by Gasteiger charge is 2.42. The highest BCUT2D eigenvalue weighted by atomic mass is 15.4. The van der Waals surface area contributed by atoms with Gasteiger partial charge < -0.3 is 4.90 Å². The van der Waals surface area contributed by atoms with Crippen LogP contribution in [0.5, 0.6) is 0 Å². The van der Waals surface area contributed by atoms with Crippen LogP contribution >= 0.6 is 0 Å². The fourth-order valence-electron chi connectivity index (χ4n) is 6.54. The number of benzene rings is 3. The van der Waals surface area contributed by atoms with Crippen LogP contribution in [0.25, 0.3) is 28.1 Å². The first kappa shape index (κ1) is 28.7. The molecule has 0 amide bonds. The summed E-state index contributed by atoms with van der Waals surface area (Å²) >= 11 is 0. The number of nitrogens with zero attached hydrogens (tertiary/aromatic N) is 4. The van der Waals surface area contributed by atoms with Crippen molar-refractivity contribution in [3.63, 3.8) is 0 Å². The molecule has 212 valence electrons. The molecule has 1 heterocycles. The largest absolute Gasteiger partial charge is 0.378 e. The average Bonchev–Trinajstić information content (AvgIpc) is 3.59. The Labute approximate surface area is 246 Å². The summed E-state index contributed by atoms with van der Waals surface area (Å²) in [6.45, 7) is 4.58. The Balaban J connectivity index is 1.55. The molecule has 1 aliphatic rings. The van der Waals surface area contributed by atoms with Crippen LogP contribution in [0.1, 0.15) is 94.7 Å². The number of unbranched alkanes of at least 4 members (excludes halogenated alkanes) is 6. The van der Waals surface area contributed by atoms with Crippen molar-refractivity contribution in [2.75, 3.05) is 19.0 Å². The second kappa shape index (κ2) is 12.8. The Hall–Kier alpha value is -3.84. The first-order chi connectivity index (χ1) is 20.0. The number of terminal acetylenes is 1. The lowest BCUT2D eigenvalue weighted by atomic mass is 9.70. The molecule has 0 aliphatic heterocycles. The SMILES string of the molecule is C#Cc1ccc2c(c1)C(CCCCCC)(CCCCCC)c1cc(-c3cn(-c4ccc(N(C)C)cc4)nn3)ccc1-2. The van der Waals surface area contributed by atoms with Gasteiger partial charge in [-0.25, -0.2) is 4.68 Å². The van der Waals surface area contributed by atoms with Gasteiger partial charge in [-0.05, 0) is 77.6 Å². The fourth-order valence-corrected chi connectivity index (χ4v) is 6.54. The van der Waals surface area contributed by atoms with Crippen LogP contribution in [-0.4, -0.2) is 29.1 Å². The maximum Gasteiger partial charge on any atom is 0.113 e. The lowest BCUT2D eigenvalue weighted by Crippen LogP contribution is -2.25. The molecule has 0 radical (unpaired) electrons. The van der Waals surface area contributed by atoms with Gasteiger partial charge in [-0.15, -0.1) is 11.5 Å². The van der Waals surface area contributed by atoms with E-state index in [2.05, 4.69) is 116 Å². The Kier molecular flexibility index (Phi) is 8.93. The molecular weight excluding hydrogens is 500 g/mol. The molecule has 0 atom stereocenters. The lowest BCUT2D eigenvalue weighted by molar-refractivity contribution is 0.401. The van der Waals surface area contributed by atoms with Gasteiger partial charge in [-0.2, -0.15) is 0 Å². The second-order valence-corrected chi connectivity index (χ2v) is 11.8. The summed E-state index contributed by atoms with van der Waals surface area (Å²) in [6.07, 6.45) is 20.3. The Morgan fingerprint density at radius 1 is 0.780 bits per heavy atom. The van der Waals surface area contributed by atoms with Crippen molar-refractivity contribution in [2.24, 2.45) is 0 Å². The third kappa shape index (κ3) is 5.82. The van der Waals surface area contributed by atoms with Gasteiger partial charge in [0.1, 0.15) is 5.69 Å². The number of hydrogen-bond donors (Lipinski definition) is 0. The Morgan fingerprint density at radius 2 is 1.41 bits per heavy atom. The zero-order chi connectivity index (χ0) is 28.8. The fraction of sp³-hybridized carbons (Fsp3) is 0.405. The first-order valence-electron chi connectivity index (χ1n) is 15.5. The highest BCUT2D eigenvalue weighted by Crippen LogP contribution is 2.55. The molecule has 3 aromatic carbocycles. The first-order valence-corrected chi connectivity index (χ1v) is 15.5. The number of aromatic nitrogens is 3. The lowest BCUT2D eigenvalue weighted by Gasteiger charge is -2.33. The number of hydrogen-bond acceptors (Lipinski definition) is 3. The van der Waals surface area contributed by atoms with Gasteiger partial charge in [0, 0.05) is 36.3 Å². The van der Waals surface area contributed by atoms with E-state index >= 15 is 0 Å². The van der Waals surface area contributed by atoms with Gasteiger partial charge >= 0.3 is 0 Å². The predicted octanol–water partition coefficient (Wildman–Crippen LogP) is 9.19. The summed E-state index contributed by atoms with van der Waals surface area (Å²) < 4.78 is 1.87. The van der Waals surface area contributed by atoms with Crippen LogP contribution in [0, 0.1) is 12.3 Å². The number of fused-ring (bicyclic) bond motifs is 3. The normalized spacial score (nSPS) is 13.0. The van der Waals surface area contributed by atoms with Gasteiger partial charge in [0.15, 0.2) is 0 Å². The summed E-state index contributed by atoms with van der Waals surface area (Å²) in [5, 5.41) is 9.12. The predicted molar refractivity (Wildman–Crippen MR) is 173 cm³/mol. The minimum absolute atomic E-state index is 0.0208. The third-order valence-corrected chi connectivity index (χ3v) is 8.86. The number of anilines is 1. The van der Waals surface area contributed by atoms with Crippen molar-refractivity contribution >= 4 is 5.69 Å². The van der Waals surface area contributed by atoms with E-state index < -0.39 is 0 Å². The summed E-state index contributed by atoms with van der Waals surface area (Å²) in [4.78, 5) is 2.10. The minimum Gasteiger partial charge on any atom is -0.378 e. The van der Waals surface area contributed by atoms with Gasteiger partial charge in [0.25, 0.3) is 0 Å². The highest BCUT2D eigenvalue weighted by molar-refractivity contribution is 5.84. The molecule has 1 aliphatic carbocycles. The van der Waals surface area contributed by atoms with Gasteiger partial charge in [-0.1, -0.05) is 94.5 Å². The van der Waals surface area contributed by atoms with Gasteiger partial charge in [-0.3, -0.25) is 0 Å². The Bertz CT molecular complexity index is 1490. The zero-order valence-electron chi connectivity index (χ0n) is 25.3. The van der Waals surface area contributed by atoms with Gasteiger partial charge in [0.2, 0.25) is 0 Å². The van der Waals surface area contributed by atoms with Gasteiger partial charge in [0.05, 0.1) is 11.9 Å². The summed E-state index contributed by atoms with van der Waals surface area (Å²) in [5.41, 5.74) is 10.7. The van der Waals surface area contributed by atoms with E-state index in [1.165, 1.54) is 73.6 Å². The molecule has 5 rings (SSSR count). The van der Waals surface area contributed by atoms with E-state index in [4.69, 9.17) is 6.42 Å². The van der Waals surface area contributed by atoms with Crippen molar-refractivity contribution in [1.82, 2.24) is 15.0 Å². The van der Waals surface area contributed by atoms with Crippen LogP contribution in [0.15, 0.2) is 66.9 Å². The maximum atomic E-state index is 5.92. The van der Waals surface area contributed by atoms with Crippen molar-refractivity contribution < 1.29 is 0 Å². The van der Waals surface area contributed by atoms with Crippen molar-refractivity contribution in [3.05, 3.63) is 83.6 Å². The summed E-state index contributed by atoms with van der Waals surface area (Å²) in [6, 6.07) is 22.0. The molecule has 1 aromatic heterocycles. The molecular formula is C37H44N4. The van der Waals surface area contributed by atoms with Crippen LogP contribution in [0.4, 0.5) is 5.69 Å². The van der Waals surface area contributed by atoms with Crippen molar-refractivity contribution in [3.8, 4) is 40.4 Å². The maximum absolute atomic E-state index is 5.92. The molecule has 0 fully saturated rings. The van der Waals surface area contributed by atoms with E-state index in [9.17, 15) is 0 Å². The van der Waals surface area contributed by atoms with Crippen molar-refractivity contribution in [1.29, 1.82) is 0 Å². The average molecular weight is 545 g/mol. The molecule has 41 heavy (non-hydrogen) atoms. The van der Waals surface area contributed by atoms with Crippen LogP contribution in [0.2, 0.25) is 0 Å². The van der Waals surface area contributed by atoms with E-state index in [1.807, 2.05) is 4.68 Å². The molecule has 0 N–H and O–H groups in total. The van der Waals surface area contributed by atoms with E-state index in [0.29, 0.717) is 0 Å². The molecule has 4 heteroatoms. The standard InChI is InChI=1S/C37H44N4/c1-6-9-11-13-23-37(24-14-12-10-7-2)34-25-28(8-3)15-21-32(34)33-22-16-29(26-35(33)37)36-27-41(39-38-36)31-19-17-30(18-20-31)40(4)5/h3,15-22,25-27H,6-7,9-14,23-24H2,1-2,4-5H3. The molecule has 0 unspecified atom stereocenters. The summed E-state index contributed by atoms with van der Waals surface area (Å²) in [5.74, 6) is 2.92. The topological polar surface area (TPSA) is 34.0 Å². The molecule has 0 spiro atoms. The molecule has 0 saturated carbocycles. The molecule has 0 bridgehead atoms. The van der Waals surface area contributed by atoms with Crippen molar-refractivity contribution in [2.45, 2.75) is 83.5 Å². The smallest absolute Gasteiger partial charge is 0.113 e. The van der Waals surface area contributed by atoms with E-state index in [-0.39, 0.29) is 5.41 Å². The molecule has 0 saturated heterocycles. The molecule has 4 aromatic rings. The van der Waals surface area contributed by atoms with E-state index in [0.717, 1.165) is 41.0 Å². The van der Waals surface area contributed by atoms with E-state index in [1.54, 1.807) is 0 Å². The Morgan fingerprint density at radius 3 is 2.02 bits per heavy atom. The van der Waals surface area contributed by atoms with Crippen LogP contribution in [0.3, 0.4) is 0 Å².